The van der Waals surface area contributed by atoms with Gasteiger partial charge in [0.05, 0.1) is 11.8 Å². The second-order valence-corrected chi connectivity index (χ2v) is 5.94. The highest BCUT2D eigenvalue weighted by Crippen LogP contribution is 2.26. The summed E-state index contributed by atoms with van der Waals surface area (Å²) in [6.45, 7) is 4.55. The fraction of sp³-hybridized carbons (Fsp3) is 0.500. The lowest BCUT2D eigenvalue weighted by Crippen LogP contribution is -2.37. The van der Waals surface area contributed by atoms with Crippen molar-refractivity contribution in [2.45, 2.75) is 32.4 Å². The number of likely N-dealkylation sites (tertiary alicyclic amines) is 1. The van der Waals surface area contributed by atoms with Crippen LogP contribution in [0.4, 0.5) is 0 Å². The fourth-order valence-electron chi connectivity index (χ4n) is 2.45. The summed E-state index contributed by atoms with van der Waals surface area (Å²) in [4.78, 5) is 6.88. The molecule has 2 aromatic rings. The van der Waals surface area contributed by atoms with E-state index in [9.17, 15) is 5.11 Å². The number of aromatic nitrogens is 1. The highest BCUT2D eigenvalue weighted by molar-refractivity contribution is 7.13. The van der Waals surface area contributed by atoms with Crippen LogP contribution in [0.25, 0.3) is 10.8 Å². The van der Waals surface area contributed by atoms with Crippen molar-refractivity contribution in [1.82, 2.24) is 9.88 Å². The van der Waals surface area contributed by atoms with Crippen LogP contribution < -0.4 is 0 Å². The minimum Gasteiger partial charge on any atom is -0.459 e. The molecule has 0 saturated carbocycles. The number of aliphatic hydroxyl groups excluding tert-OH is 1. The maximum absolute atomic E-state index is 9.67. The Morgan fingerprint density at radius 2 is 2.42 bits per heavy atom. The van der Waals surface area contributed by atoms with Gasteiger partial charge in [-0.05, 0) is 38.4 Å². The number of aliphatic hydroxyl groups is 1. The Hall–Kier alpha value is -1.17. The summed E-state index contributed by atoms with van der Waals surface area (Å²) in [6, 6.07) is 3.92. The van der Waals surface area contributed by atoms with Crippen molar-refractivity contribution in [1.29, 1.82) is 0 Å². The molecule has 5 heteroatoms. The maximum Gasteiger partial charge on any atom is 0.162 e. The van der Waals surface area contributed by atoms with Crippen molar-refractivity contribution >= 4 is 11.3 Å². The number of nitrogens with zero attached hydrogens (tertiary/aromatic N) is 2. The first kappa shape index (κ1) is 12.8. The largest absolute Gasteiger partial charge is 0.459 e. The van der Waals surface area contributed by atoms with Crippen molar-refractivity contribution < 1.29 is 9.52 Å². The van der Waals surface area contributed by atoms with Crippen LogP contribution in [0.2, 0.25) is 0 Å². The molecule has 0 aromatic carbocycles. The van der Waals surface area contributed by atoms with E-state index in [-0.39, 0.29) is 6.10 Å². The summed E-state index contributed by atoms with van der Waals surface area (Å²) in [5.41, 5.74) is 1.06. The van der Waals surface area contributed by atoms with Crippen LogP contribution in [-0.2, 0) is 6.54 Å². The van der Waals surface area contributed by atoms with Gasteiger partial charge in [0.1, 0.15) is 5.76 Å². The quantitative estimate of drug-likeness (QED) is 0.937. The van der Waals surface area contributed by atoms with E-state index in [2.05, 4.69) is 15.3 Å². The molecule has 0 spiro atoms. The molecule has 3 heterocycles. The number of thiazole rings is 1. The fourth-order valence-corrected chi connectivity index (χ4v) is 3.22. The average molecular weight is 278 g/mol. The van der Waals surface area contributed by atoms with E-state index in [1.54, 1.807) is 11.3 Å². The molecule has 19 heavy (non-hydrogen) atoms. The van der Waals surface area contributed by atoms with Gasteiger partial charge >= 0.3 is 0 Å². The summed E-state index contributed by atoms with van der Waals surface area (Å²) >= 11 is 1.61. The summed E-state index contributed by atoms with van der Waals surface area (Å²) in [5.74, 6) is 1.75. The number of hydrogen-bond donors (Lipinski definition) is 1. The molecule has 1 atom stereocenters. The molecule has 0 radical (unpaired) electrons. The second-order valence-electron chi connectivity index (χ2n) is 5.09. The van der Waals surface area contributed by atoms with Crippen molar-refractivity contribution in [2.24, 2.45) is 0 Å². The molecule has 1 aliphatic rings. The van der Waals surface area contributed by atoms with Gasteiger partial charge in [-0.3, -0.25) is 4.90 Å². The molecule has 1 fully saturated rings. The Bertz CT molecular complexity index is 549. The number of rotatable bonds is 3. The molecular weight excluding hydrogens is 260 g/mol. The number of hydrogen-bond acceptors (Lipinski definition) is 5. The minimum absolute atomic E-state index is 0.181. The first-order valence-electron chi connectivity index (χ1n) is 6.62. The van der Waals surface area contributed by atoms with Gasteiger partial charge in [-0.1, -0.05) is 0 Å². The number of aryl methyl sites for hydroxylation is 1. The van der Waals surface area contributed by atoms with Gasteiger partial charge in [-0.15, -0.1) is 11.3 Å². The van der Waals surface area contributed by atoms with Gasteiger partial charge in [0, 0.05) is 18.5 Å². The van der Waals surface area contributed by atoms with Crippen LogP contribution in [0.1, 0.15) is 24.3 Å². The molecule has 2 aromatic heterocycles. The Kier molecular flexibility index (Phi) is 3.68. The predicted octanol–water partition coefficient (Wildman–Crippen LogP) is 2.67. The van der Waals surface area contributed by atoms with E-state index in [1.807, 2.05) is 19.1 Å². The lowest BCUT2D eigenvalue weighted by atomic mass is 10.1. The molecule has 1 saturated heterocycles. The molecule has 0 bridgehead atoms. The molecule has 102 valence electrons. The predicted molar refractivity (Wildman–Crippen MR) is 75.1 cm³/mol. The van der Waals surface area contributed by atoms with Crippen molar-refractivity contribution in [3.05, 3.63) is 29.0 Å². The summed E-state index contributed by atoms with van der Waals surface area (Å²) < 4.78 is 5.58. The van der Waals surface area contributed by atoms with Gasteiger partial charge in [-0.25, -0.2) is 4.98 Å². The highest BCUT2D eigenvalue weighted by Gasteiger charge is 2.18. The standard InChI is InChI=1S/C14H18N2O2S/c1-10-4-5-13(18-10)14-15-11(9-19-14)7-16-6-2-3-12(17)8-16/h4-5,9,12,17H,2-3,6-8H2,1H3/t12-/m1/s1. The summed E-state index contributed by atoms with van der Waals surface area (Å²) in [6.07, 6.45) is 1.81. The molecule has 0 amide bonds. The number of β-amino-alcohol motifs (C(OH)–C–C–N with tert-alkyl or cyclic N) is 1. The topological polar surface area (TPSA) is 49.5 Å². The lowest BCUT2D eigenvalue weighted by molar-refractivity contribution is 0.0663. The zero-order chi connectivity index (χ0) is 13.2. The summed E-state index contributed by atoms with van der Waals surface area (Å²) in [7, 11) is 0. The molecular formula is C14H18N2O2S. The van der Waals surface area contributed by atoms with Crippen LogP contribution in [0.5, 0.6) is 0 Å². The SMILES string of the molecule is Cc1ccc(-c2nc(CN3CCC[C@@H](O)C3)cs2)o1. The minimum atomic E-state index is -0.181. The third kappa shape index (κ3) is 3.05. The zero-order valence-corrected chi connectivity index (χ0v) is 11.8. The van der Waals surface area contributed by atoms with E-state index in [1.165, 1.54) is 0 Å². The maximum atomic E-state index is 9.67. The van der Waals surface area contributed by atoms with Crippen LogP contribution in [0.3, 0.4) is 0 Å². The zero-order valence-electron chi connectivity index (χ0n) is 11.0. The number of furan rings is 1. The van der Waals surface area contributed by atoms with Gasteiger partial charge < -0.3 is 9.52 Å². The van der Waals surface area contributed by atoms with E-state index >= 15 is 0 Å². The highest BCUT2D eigenvalue weighted by atomic mass is 32.1. The van der Waals surface area contributed by atoms with Gasteiger partial charge in [0.15, 0.2) is 10.8 Å². The van der Waals surface area contributed by atoms with E-state index < -0.39 is 0 Å². The molecule has 4 nitrogen and oxygen atoms in total. The van der Waals surface area contributed by atoms with Crippen molar-refractivity contribution in [3.8, 4) is 10.8 Å². The second kappa shape index (κ2) is 5.45. The molecule has 1 N–H and O–H groups in total. The van der Waals surface area contributed by atoms with Crippen LogP contribution >= 0.6 is 11.3 Å². The molecule has 0 unspecified atom stereocenters. The average Bonchev–Trinajstić information content (AvgIpc) is 2.98. The first-order valence-corrected chi connectivity index (χ1v) is 7.50. The third-order valence-corrected chi connectivity index (χ3v) is 4.27. The summed E-state index contributed by atoms with van der Waals surface area (Å²) in [5, 5.41) is 12.7. The third-order valence-electron chi connectivity index (χ3n) is 3.37. The molecule has 1 aliphatic heterocycles. The lowest BCUT2D eigenvalue weighted by Gasteiger charge is -2.29. The number of piperidine rings is 1. The molecule has 3 rings (SSSR count). The van der Waals surface area contributed by atoms with E-state index in [0.29, 0.717) is 0 Å². The molecule has 0 aliphatic carbocycles. The van der Waals surface area contributed by atoms with Crippen LogP contribution in [0, 0.1) is 6.92 Å². The first-order chi connectivity index (χ1) is 9.20. The van der Waals surface area contributed by atoms with Crippen LogP contribution in [0.15, 0.2) is 21.9 Å². The Balaban J connectivity index is 1.68. The van der Waals surface area contributed by atoms with Gasteiger partial charge in [0.2, 0.25) is 0 Å². The smallest absolute Gasteiger partial charge is 0.162 e. The van der Waals surface area contributed by atoms with Gasteiger partial charge in [-0.2, -0.15) is 0 Å². The monoisotopic (exact) mass is 278 g/mol. The Labute approximate surface area is 116 Å². The van der Waals surface area contributed by atoms with Crippen LogP contribution in [-0.4, -0.2) is 34.2 Å². The van der Waals surface area contributed by atoms with Crippen molar-refractivity contribution in [3.63, 3.8) is 0 Å². The van der Waals surface area contributed by atoms with Gasteiger partial charge in [0.25, 0.3) is 0 Å². The Morgan fingerprint density at radius 3 is 3.16 bits per heavy atom. The normalized spacial score (nSPS) is 20.8. The van der Waals surface area contributed by atoms with E-state index in [4.69, 9.17) is 4.42 Å². The van der Waals surface area contributed by atoms with E-state index in [0.717, 1.165) is 54.7 Å². The Morgan fingerprint density at radius 1 is 1.53 bits per heavy atom. The van der Waals surface area contributed by atoms with Crippen molar-refractivity contribution in [2.75, 3.05) is 13.1 Å².